The van der Waals surface area contributed by atoms with E-state index in [2.05, 4.69) is 10.4 Å². The predicted octanol–water partition coefficient (Wildman–Crippen LogP) is 2.81. The monoisotopic (exact) mass is 395 g/mol. The average molecular weight is 395 g/mol. The van der Waals surface area contributed by atoms with Gasteiger partial charge in [0, 0.05) is 18.0 Å². The van der Waals surface area contributed by atoms with Crippen LogP contribution in [-0.4, -0.2) is 34.9 Å². The zero-order valence-electron chi connectivity index (χ0n) is 16.3. The molecule has 2 aliphatic carbocycles. The van der Waals surface area contributed by atoms with Crippen LogP contribution in [0.3, 0.4) is 0 Å². The van der Waals surface area contributed by atoms with Gasteiger partial charge in [-0.2, -0.15) is 5.10 Å². The fourth-order valence-electron chi connectivity index (χ4n) is 4.28. The van der Waals surface area contributed by atoms with Crippen molar-refractivity contribution in [3.63, 3.8) is 0 Å². The Morgan fingerprint density at radius 2 is 1.79 bits per heavy atom. The molecular weight excluding hydrogens is 370 g/mol. The summed E-state index contributed by atoms with van der Waals surface area (Å²) < 4.78 is 12.9. The van der Waals surface area contributed by atoms with E-state index in [9.17, 15) is 9.59 Å². The second-order valence-corrected chi connectivity index (χ2v) is 8.12. The Morgan fingerprint density at radius 3 is 2.59 bits per heavy atom. The van der Waals surface area contributed by atoms with Crippen LogP contribution >= 0.6 is 0 Å². The van der Waals surface area contributed by atoms with Gasteiger partial charge in [-0.1, -0.05) is 6.07 Å². The zero-order chi connectivity index (χ0) is 19.8. The molecule has 0 radical (unpaired) electrons. The van der Waals surface area contributed by atoms with E-state index >= 15 is 0 Å². The highest BCUT2D eigenvalue weighted by atomic mass is 16.6. The lowest BCUT2D eigenvalue weighted by Crippen LogP contribution is -2.40. The molecule has 0 bridgehead atoms. The van der Waals surface area contributed by atoms with Gasteiger partial charge in [-0.05, 0) is 56.7 Å². The van der Waals surface area contributed by atoms with Crippen molar-refractivity contribution in [3.05, 3.63) is 51.9 Å². The minimum absolute atomic E-state index is 0.0325. The molecule has 2 saturated carbocycles. The summed E-state index contributed by atoms with van der Waals surface area (Å²) in [6.45, 7) is 0.946. The van der Waals surface area contributed by atoms with Gasteiger partial charge in [-0.15, -0.1) is 0 Å². The summed E-state index contributed by atoms with van der Waals surface area (Å²) in [6, 6.07) is 9.10. The van der Waals surface area contributed by atoms with Crippen LogP contribution in [0.4, 0.5) is 0 Å². The molecule has 2 heterocycles. The van der Waals surface area contributed by atoms with Gasteiger partial charge in [0.25, 0.3) is 11.5 Å². The van der Waals surface area contributed by atoms with Gasteiger partial charge in [0.15, 0.2) is 11.5 Å². The first-order valence-electron chi connectivity index (χ1n) is 10.5. The SMILES string of the molecule is O=C(NC1CCC(n2nc(C3CC3)ccc2=O)CC1)c1cccc2c1OCCO2. The molecule has 0 unspecified atom stereocenters. The predicted molar refractivity (Wildman–Crippen MR) is 107 cm³/mol. The highest BCUT2D eigenvalue weighted by Crippen LogP contribution is 2.39. The summed E-state index contributed by atoms with van der Waals surface area (Å²) in [4.78, 5) is 25.1. The molecule has 1 N–H and O–H groups in total. The lowest BCUT2D eigenvalue weighted by atomic mass is 9.91. The van der Waals surface area contributed by atoms with Crippen molar-refractivity contribution < 1.29 is 14.3 Å². The molecule has 1 aromatic carbocycles. The Kier molecular flexibility index (Phi) is 4.73. The van der Waals surface area contributed by atoms with E-state index in [4.69, 9.17) is 9.47 Å². The fraction of sp³-hybridized carbons (Fsp3) is 0.500. The summed E-state index contributed by atoms with van der Waals surface area (Å²) in [6.07, 6.45) is 5.65. The highest BCUT2D eigenvalue weighted by molar-refractivity contribution is 5.98. The standard InChI is InChI=1S/C22H25N3O4/c26-20-11-10-18(14-4-5-14)24-25(20)16-8-6-15(7-9-16)23-22(27)17-2-1-3-19-21(17)29-13-12-28-19/h1-3,10-11,14-16H,4-9,12-13H2,(H,23,27). The third kappa shape index (κ3) is 3.73. The van der Waals surface area contributed by atoms with Crippen LogP contribution in [0.25, 0.3) is 0 Å². The number of hydrogen-bond donors (Lipinski definition) is 1. The van der Waals surface area contributed by atoms with Gasteiger partial charge in [-0.3, -0.25) is 9.59 Å². The Morgan fingerprint density at radius 1 is 1.00 bits per heavy atom. The minimum Gasteiger partial charge on any atom is -0.486 e. The van der Waals surface area contributed by atoms with Crippen LogP contribution in [0.1, 0.15) is 66.5 Å². The maximum Gasteiger partial charge on any atom is 0.267 e. The van der Waals surface area contributed by atoms with Gasteiger partial charge in [0.05, 0.1) is 17.3 Å². The Hall–Kier alpha value is -2.83. The van der Waals surface area contributed by atoms with Crippen molar-refractivity contribution in [2.24, 2.45) is 0 Å². The zero-order valence-corrected chi connectivity index (χ0v) is 16.3. The highest BCUT2D eigenvalue weighted by Gasteiger charge is 2.29. The van der Waals surface area contributed by atoms with Crippen molar-refractivity contribution in [2.45, 2.75) is 56.5 Å². The number of nitrogens with zero attached hydrogens (tertiary/aromatic N) is 2. The molecular formula is C22H25N3O4. The average Bonchev–Trinajstić information content (AvgIpc) is 3.60. The number of para-hydroxylation sites is 1. The number of ether oxygens (including phenoxy) is 2. The molecule has 5 rings (SSSR count). The molecule has 29 heavy (non-hydrogen) atoms. The van der Waals surface area contributed by atoms with E-state index in [1.165, 1.54) is 12.8 Å². The van der Waals surface area contributed by atoms with Gasteiger partial charge in [0.2, 0.25) is 0 Å². The molecule has 3 aliphatic rings. The van der Waals surface area contributed by atoms with Gasteiger partial charge >= 0.3 is 0 Å². The lowest BCUT2D eigenvalue weighted by Gasteiger charge is -2.30. The molecule has 7 nitrogen and oxygen atoms in total. The van der Waals surface area contributed by atoms with Crippen LogP contribution in [0.5, 0.6) is 11.5 Å². The van der Waals surface area contributed by atoms with Crippen LogP contribution in [0.15, 0.2) is 35.1 Å². The molecule has 152 valence electrons. The number of amides is 1. The molecule has 1 aliphatic heterocycles. The lowest BCUT2D eigenvalue weighted by molar-refractivity contribution is 0.0910. The number of rotatable bonds is 4. The largest absolute Gasteiger partial charge is 0.486 e. The smallest absolute Gasteiger partial charge is 0.267 e. The summed E-state index contributed by atoms with van der Waals surface area (Å²) in [5.74, 6) is 1.54. The molecule has 0 spiro atoms. The van der Waals surface area contributed by atoms with E-state index in [0.717, 1.165) is 31.4 Å². The van der Waals surface area contributed by atoms with E-state index < -0.39 is 0 Å². The second-order valence-electron chi connectivity index (χ2n) is 8.12. The topological polar surface area (TPSA) is 82.5 Å². The molecule has 2 aromatic rings. The Labute approximate surface area is 169 Å². The third-order valence-corrected chi connectivity index (χ3v) is 6.03. The first kappa shape index (κ1) is 18.2. The summed E-state index contributed by atoms with van der Waals surface area (Å²) in [5.41, 5.74) is 1.52. The van der Waals surface area contributed by atoms with Gasteiger partial charge in [0.1, 0.15) is 13.2 Å². The maximum atomic E-state index is 12.8. The number of benzene rings is 1. The van der Waals surface area contributed by atoms with Crippen LogP contribution in [-0.2, 0) is 0 Å². The normalized spacial score (nSPS) is 23.4. The summed E-state index contributed by atoms with van der Waals surface area (Å²) in [7, 11) is 0. The van der Waals surface area contributed by atoms with Gasteiger partial charge in [-0.25, -0.2) is 4.68 Å². The van der Waals surface area contributed by atoms with E-state index in [0.29, 0.717) is 36.2 Å². The molecule has 2 fully saturated rings. The molecule has 1 amide bonds. The molecule has 1 aromatic heterocycles. The quantitative estimate of drug-likeness (QED) is 0.861. The van der Waals surface area contributed by atoms with E-state index in [-0.39, 0.29) is 23.6 Å². The van der Waals surface area contributed by atoms with Crippen LogP contribution < -0.4 is 20.3 Å². The number of carbonyl (C=O) groups is 1. The Bertz CT molecular complexity index is 974. The van der Waals surface area contributed by atoms with E-state index in [1.807, 2.05) is 18.2 Å². The van der Waals surface area contributed by atoms with Gasteiger partial charge < -0.3 is 14.8 Å². The maximum absolute atomic E-state index is 12.8. The summed E-state index contributed by atoms with van der Waals surface area (Å²) in [5, 5.41) is 7.76. The van der Waals surface area contributed by atoms with Crippen molar-refractivity contribution in [2.75, 3.05) is 13.2 Å². The molecule has 0 atom stereocenters. The summed E-state index contributed by atoms with van der Waals surface area (Å²) >= 11 is 0. The van der Waals surface area contributed by atoms with Crippen molar-refractivity contribution in [1.82, 2.24) is 15.1 Å². The Balaban J connectivity index is 1.23. The van der Waals surface area contributed by atoms with Crippen molar-refractivity contribution in [1.29, 1.82) is 0 Å². The number of nitrogens with one attached hydrogen (secondary N) is 1. The first-order valence-corrected chi connectivity index (χ1v) is 10.5. The van der Waals surface area contributed by atoms with Crippen molar-refractivity contribution in [3.8, 4) is 11.5 Å². The fourth-order valence-corrected chi connectivity index (χ4v) is 4.28. The molecule has 7 heteroatoms. The first-order chi connectivity index (χ1) is 14.2. The number of fused-ring (bicyclic) bond motifs is 1. The minimum atomic E-state index is -0.137. The number of aromatic nitrogens is 2. The molecule has 0 saturated heterocycles. The second kappa shape index (κ2) is 7.54. The van der Waals surface area contributed by atoms with Crippen LogP contribution in [0, 0.1) is 0 Å². The number of carbonyl (C=O) groups excluding carboxylic acids is 1. The van der Waals surface area contributed by atoms with E-state index in [1.54, 1.807) is 16.8 Å². The van der Waals surface area contributed by atoms with Crippen LogP contribution in [0.2, 0.25) is 0 Å². The number of hydrogen-bond acceptors (Lipinski definition) is 5. The van der Waals surface area contributed by atoms with Crippen molar-refractivity contribution >= 4 is 5.91 Å². The third-order valence-electron chi connectivity index (χ3n) is 6.03.